The Morgan fingerprint density at radius 3 is 1.63 bits per heavy atom. The van der Waals surface area contributed by atoms with Crippen molar-refractivity contribution in [1.29, 1.82) is 0 Å². The van der Waals surface area contributed by atoms with E-state index in [4.69, 9.17) is 0 Å². The van der Waals surface area contributed by atoms with Gasteiger partial charge in [0.1, 0.15) is 0 Å². The van der Waals surface area contributed by atoms with Crippen LogP contribution in [0.15, 0.2) is 119 Å². The fourth-order valence-electron chi connectivity index (χ4n) is 4.51. The van der Waals surface area contributed by atoms with Gasteiger partial charge in [-0.25, -0.2) is 0 Å². The van der Waals surface area contributed by atoms with E-state index in [0.717, 1.165) is 13.1 Å². The molecule has 7 nitrogen and oxygen atoms in total. The molecule has 0 unspecified atom stereocenters. The maximum atomic E-state index is 14.7. The van der Waals surface area contributed by atoms with E-state index in [2.05, 4.69) is 0 Å². The van der Waals surface area contributed by atoms with Crippen molar-refractivity contribution in [3.63, 3.8) is 0 Å². The summed E-state index contributed by atoms with van der Waals surface area (Å²) in [6.07, 6.45) is 1.65. The number of aromatic nitrogens is 1. The van der Waals surface area contributed by atoms with Gasteiger partial charge in [0.2, 0.25) is 0 Å². The number of aryl methyl sites for hydroxylation is 2. The monoisotopic (exact) mass is 728 g/mol. The number of rotatable bonds is 7. The second-order valence-electron chi connectivity index (χ2n) is 11.3. The summed E-state index contributed by atoms with van der Waals surface area (Å²) in [6.45, 7) is 9.11. The summed E-state index contributed by atoms with van der Waals surface area (Å²) in [5.41, 5.74) is 1.53. The van der Waals surface area contributed by atoms with Gasteiger partial charge < -0.3 is 0 Å². The van der Waals surface area contributed by atoms with Crippen LogP contribution in [-0.4, -0.2) is 29.2 Å². The number of fused-ring (bicyclic) bond motifs is 1. The summed E-state index contributed by atoms with van der Waals surface area (Å²) < 4.78 is 62.1. The van der Waals surface area contributed by atoms with E-state index in [1.54, 1.807) is 66.9 Å². The zero-order valence-corrected chi connectivity index (χ0v) is 28.3. The molecule has 5 aromatic rings. The van der Waals surface area contributed by atoms with Gasteiger partial charge in [0.15, 0.2) is 0 Å². The van der Waals surface area contributed by atoms with Gasteiger partial charge in [-0.05, 0) is 0 Å². The van der Waals surface area contributed by atoms with Gasteiger partial charge in [0.25, 0.3) is 0 Å². The first-order valence-electron chi connectivity index (χ1n) is 13.6. The van der Waals surface area contributed by atoms with Crippen LogP contribution in [0.1, 0.15) is 36.7 Å². The van der Waals surface area contributed by atoms with E-state index < -0.39 is 45.6 Å². The Morgan fingerprint density at radius 2 is 1.14 bits per heavy atom. The molecule has 0 saturated carbocycles. The normalized spacial score (nSPS) is 12.9. The Morgan fingerprint density at radius 1 is 0.674 bits per heavy atom. The molecular formula is C33H33IN2O5S2. The third-order valence-corrected chi connectivity index (χ3v) is 20.1. The Labute approximate surface area is 261 Å². The minimum absolute atomic E-state index is 0.124. The first-order chi connectivity index (χ1) is 20.2. The molecule has 43 heavy (non-hydrogen) atoms. The van der Waals surface area contributed by atoms with Gasteiger partial charge in [-0.1, -0.05) is 0 Å². The molecule has 0 amide bonds. The fourth-order valence-corrected chi connectivity index (χ4v) is 18.5. The van der Waals surface area contributed by atoms with Crippen LogP contribution in [0.5, 0.6) is 0 Å². The quantitative estimate of drug-likeness (QED) is 0.128. The summed E-state index contributed by atoms with van der Waals surface area (Å²) in [7, 11) is -9.23. The second-order valence-corrected chi connectivity index (χ2v) is 21.3. The van der Waals surface area contributed by atoms with Crippen LogP contribution in [0, 0.1) is 26.4 Å². The van der Waals surface area contributed by atoms with Crippen LogP contribution in [0.2, 0.25) is 0 Å². The zero-order valence-electron chi connectivity index (χ0n) is 24.5. The van der Waals surface area contributed by atoms with Gasteiger partial charge in [-0.15, -0.1) is 0 Å². The third-order valence-electron chi connectivity index (χ3n) is 6.81. The molecule has 0 fully saturated rings. The molecule has 5 rings (SSSR count). The molecular weight excluding hydrogens is 695 g/mol. The van der Waals surface area contributed by atoms with Gasteiger partial charge in [-0.2, -0.15) is 0 Å². The van der Waals surface area contributed by atoms with Gasteiger partial charge in [0, 0.05) is 0 Å². The number of benzene rings is 4. The predicted molar refractivity (Wildman–Crippen MR) is 178 cm³/mol. The molecule has 1 heterocycles. The molecule has 0 N–H and O–H groups in total. The number of carbonyl (C=O) groups excluding carboxylic acids is 1. The molecule has 0 bridgehead atoms. The molecule has 0 spiro atoms. The molecule has 224 valence electrons. The first kappa shape index (κ1) is 31.1. The van der Waals surface area contributed by atoms with Crippen LogP contribution in [0.4, 0.5) is 0 Å². The van der Waals surface area contributed by atoms with Gasteiger partial charge in [-0.3, -0.25) is 0 Å². The molecule has 10 heteroatoms. The average molecular weight is 729 g/mol. The van der Waals surface area contributed by atoms with E-state index in [9.17, 15) is 21.6 Å². The van der Waals surface area contributed by atoms with Crippen LogP contribution < -0.4 is 0 Å². The Hall–Kier alpha value is -3.32. The number of hydrogen-bond donors (Lipinski definition) is 0. The number of halogens is 1. The Kier molecular flexibility index (Phi) is 8.42. The van der Waals surface area contributed by atoms with Crippen LogP contribution in [0.25, 0.3) is 10.9 Å². The van der Waals surface area contributed by atoms with Gasteiger partial charge >= 0.3 is 262 Å². The van der Waals surface area contributed by atoms with Crippen molar-refractivity contribution in [3.8, 4) is 0 Å². The molecule has 0 atom stereocenters. The standard InChI is InChI=1S/C33H33IN2O5S2/c1-24-15-19-27(20-16-24)42(38,39)36(43(40,41)28-21-17-25(2)18-22-28)34(26-11-7-6-8-12-26)30-23-35(32(37)33(3,4)5)31-14-10-9-13-29(30)31/h6-23H,1-5H3. The van der Waals surface area contributed by atoms with Crippen molar-refractivity contribution in [2.45, 2.75) is 44.4 Å². The van der Waals surface area contributed by atoms with E-state index in [0.29, 0.717) is 18.0 Å². The first-order valence-corrected chi connectivity index (χ1v) is 19.6. The summed E-state index contributed by atoms with van der Waals surface area (Å²) >= 11 is -3.69. The zero-order chi connectivity index (χ0) is 31.2. The second kappa shape index (κ2) is 11.6. The van der Waals surface area contributed by atoms with Crippen molar-refractivity contribution in [1.82, 2.24) is 6.49 Å². The van der Waals surface area contributed by atoms with Crippen molar-refractivity contribution < 1.29 is 21.6 Å². The Balaban J connectivity index is 1.89. The van der Waals surface area contributed by atoms with E-state index in [1.807, 2.05) is 52.8 Å². The minimum atomic E-state index is -4.62. The summed E-state index contributed by atoms with van der Waals surface area (Å²) in [5, 5.41) is 0.636. The molecule has 0 aliphatic rings. The summed E-state index contributed by atoms with van der Waals surface area (Å²) in [6, 6.07) is 28.5. The molecule has 0 radical (unpaired) electrons. The summed E-state index contributed by atoms with van der Waals surface area (Å²) in [5.74, 6) is -0.187. The van der Waals surface area contributed by atoms with E-state index in [-0.39, 0.29) is 15.7 Å². The van der Waals surface area contributed by atoms with Crippen LogP contribution in [-0.2, 0) is 20.0 Å². The van der Waals surface area contributed by atoms with E-state index in [1.165, 1.54) is 28.8 Å². The van der Waals surface area contributed by atoms with Crippen molar-refractivity contribution >= 4 is 56.9 Å². The van der Waals surface area contributed by atoms with Crippen LogP contribution >= 0.6 is 20.1 Å². The molecule has 0 saturated heterocycles. The number of sulfonamides is 2. The predicted octanol–water partition coefficient (Wildman–Crippen LogP) is 7.49. The molecule has 1 aromatic heterocycles. The Bertz CT molecular complexity index is 1940. The topological polar surface area (TPSA) is 93.5 Å². The molecule has 4 aromatic carbocycles. The number of nitrogens with zero attached hydrogens (tertiary/aromatic N) is 2. The SMILES string of the molecule is Cc1ccc(S(=O)(=O)N(I(c2ccccc2)c2cn(C(=O)C(C)(C)C)c3ccccc23)S(=O)(=O)c2ccc(C)cc2)cc1. The third kappa shape index (κ3) is 5.93. The number of hydrogen-bond acceptors (Lipinski definition) is 5. The number of carbonyl (C=O) groups is 1. The van der Waals surface area contributed by atoms with E-state index >= 15 is 0 Å². The molecule has 0 aliphatic heterocycles. The molecule has 0 aliphatic carbocycles. The number of para-hydroxylation sites is 1. The van der Waals surface area contributed by atoms with Crippen LogP contribution in [0.3, 0.4) is 0 Å². The summed E-state index contributed by atoms with van der Waals surface area (Å²) in [4.78, 5) is 13.4. The fraction of sp³-hybridized carbons (Fsp3) is 0.182. The average Bonchev–Trinajstić information content (AvgIpc) is 3.34. The maximum absolute atomic E-state index is 14.7. The van der Waals surface area contributed by atoms with Gasteiger partial charge in [0.05, 0.1) is 0 Å². The van der Waals surface area contributed by atoms with Crippen molar-refractivity contribution in [3.05, 3.63) is 128 Å². The van der Waals surface area contributed by atoms with Crippen molar-refractivity contribution in [2.24, 2.45) is 5.41 Å². The van der Waals surface area contributed by atoms with Crippen molar-refractivity contribution in [2.75, 3.05) is 0 Å².